The van der Waals surface area contributed by atoms with Crippen LogP contribution in [-0.4, -0.2) is 34.6 Å². The summed E-state index contributed by atoms with van der Waals surface area (Å²) in [6, 6.07) is 11.5. The monoisotopic (exact) mass is 376 g/mol. The predicted octanol–water partition coefficient (Wildman–Crippen LogP) is 2.87. The minimum atomic E-state index is -3.79. The number of rotatable bonds is 8. The van der Waals surface area contributed by atoms with E-state index in [4.69, 9.17) is 4.74 Å². The van der Waals surface area contributed by atoms with Crippen LogP contribution in [0.2, 0.25) is 0 Å². The van der Waals surface area contributed by atoms with E-state index < -0.39 is 10.0 Å². The van der Waals surface area contributed by atoms with Gasteiger partial charge in [0.1, 0.15) is 0 Å². The molecule has 0 spiro atoms. The van der Waals surface area contributed by atoms with Crippen molar-refractivity contribution < 1.29 is 17.9 Å². The third-order valence-corrected chi connectivity index (χ3v) is 5.22. The summed E-state index contributed by atoms with van der Waals surface area (Å²) < 4.78 is 32.9. The molecule has 140 valence electrons. The molecule has 0 aliphatic heterocycles. The maximum atomic E-state index is 12.7. The molecule has 0 saturated carbocycles. The molecule has 0 fully saturated rings. The van der Waals surface area contributed by atoms with Crippen LogP contribution in [0, 0.1) is 13.8 Å². The topological polar surface area (TPSA) is 84.5 Å². The minimum absolute atomic E-state index is 0.0444. The fraction of sp³-hybridized carbons (Fsp3) is 0.316. The Hall–Kier alpha value is -2.38. The van der Waals surface area contributed by atoms with Crippen molar-refractivity contribution in [2.24, 2.45) is 0 Å². The van der Waals surface area contributed by atoms with Crippen LogP contribution in [0.5, 0.6) is 0 Å². The van der Waals surface area contributed by atoms with Gasteiger partial charge in [-0.15, -0.1) is 0 Å². The number of methoxy groups -OCH3 is 1. The molecule has 0 heterocycles. The first kappa shape index (κ1) is 19.9. The first-order chi connectivity index (χ1) is 12.3. The van der Waals surface area contributed by atoms with Crippen LogP contribution >= 0.6 is 0 Å². The van der Waals surface area contributed by atoms with E-state index in [1.165, 1.54) is 12.1 Å². The molecule has 0 unspecified atom stereocenters. The summed E-state index contributed by atoms with van der Waals surface area (Å²) in [7, 11) is -2.19. The third kappa shape index (κ3) is 5.31. The van der Waals surface area contributed by atoms with Gasteiger partial charge in [0.15, 0.2) is 0 Å². The van der Waals surface area contributed by atoms with Crippen molar-refractivity contribution in [1.82, 2.24) is 5.32 Å². The van der Waals surface area contributed by atoms with Crippen LogP contribution in [-0.2, 0) is 14.8 Å². The van der Waals surface area contributed by atoms with Crippen molar-refractivity contribution in [3.63, 3.8) is 0 Å². The van der Waals surface area contributed by atoms with Gasteiger partial charge < -0.3 is 10.1 Å². The molecule has 1 amide bonds. The quantitative estimate of drug-likeness (QED) is 0.694. The van der Waals surface area contributed by atoms with E-state index in [9.17, 15) is 13.2 Å². The second kappa shape index (κ2) is 8.82. The second-order valence-electron chi connectivity index (χ2n) is 6.05. The molecular formula is C19H24N2O4S. The highest BCUT2D eigenvalue weighted by Crippen LogP contribution is 2.21. The standard InChI is InChI=1S/C19H24N2O4S/c1-14-8-9-15(2)18(12-14)21-26(23,24)17-7-4-6-16(13-17)19(22)20-10-5-11-25-3/h4,6-9,12-13,21H,5,10-11H2,1-3H3,(H,20,22). The van der Waals surface area contributed by atoms with Crippen LogP contribution in [0.4, 0.5) is 5.69 Å². The number of carbonyl (C=O) groups excluding carboxylic acids is 1. The smallest absolute Gasteiger partial charge is 0.261 e. The van der Waals surface area contributed by atoms with E-state index in [0.717, 1.165) is 11.1 Å². The highest BCUT2D eigenvalue weighted by molar-refractivity contribution is 7.92. The van der Waals surface area contributed by atoms with Gasteiger partial charge in [-0.2, -0.15) is 0 Å². The van der Waals surface area contributed by atoms with Gasteiger partial charge in [0, 0.05) is 25.8 Å². The number of hydrogen-bond donors (Lipinski definition) is 2. The summed E-state index contributed by atoms with van der Waals surface area (Å²) in [4.78, 5) is 12.2. The lowest BCUT2D eigenvalue weighted by Crippen LogP contribution is -2.25. The molecule has 2 N–H and O–H groups in total. The van der Waals surface area contributed by atoms with Gasteiger partial charge in [-0.1, -0.05) is 18.2 Å². The Balaban J connectivity index is 2.17. The predicted molar refractivity (Wildman–Crippen MR) is 102 cm³/mol. The zero-order chi connectivity index (χ0) is 19.2. The van der Waals surface area contributed by atoms with E-state index in [1.54, 1.807) is 25.3 Å². The molecule has 0 aliphatic carbocycles. The van der Waals surface area contributed by atoms with Crippen molar-refractivity contribution >= 4 is 21.6 Å². The highest BCUT2D eigenvalue weighted by Gasteiger charge is 2.17. The molecule has 0 atom stereocenters. The summed E-state index contributed by atoms with van der Waals surface area (Å²) in [5.74, 6) is -0.315. The highest BCUT2D eigenvalue weighted by atomic mass is 32.2. The molecule has 0 aromatic heterocycles. The largest absolute Gasteiger partial charge is 0.385 e. The SMILES string of the molecule is COCCCNC(=O)c1cccc(S(=O)(=O)Nc2cc(C)ccc2C)c1. The first-order valence-electron chi connectivity index (χ1n) is 8.31. The first-order valence-corrected chi connectivity index (χ1v) is 9.79. The Morgan fingerprint density at radius 2 is 1.88 bits per heavy atom. The number of carbonyl (C=O) groups is 1. The van der Waals surface area contributed by atoms with Crippen LogP contribution in [0.15, 0.2) is 47.4 Å². The molecule has 0 radical (unpaired) electrons. The van der Waals surface area contributed by atoms with E-state index >= 15 is 0 Å². The van der Waals surface area contributed by atoms with Crippen molar-refractivity contribution in [3.8, 4) is 0 Å². The van der Waals surface area contributed by atoms with E-state index in [-0.39, 0.29) is 10.8 Å². The summed E-state index contributed by atoms with van der Waals surface area (Å²) in [5, 5.41) is 2.74. The van der Waals surface area contributed by atoms with Gasteiger partial charge in [-0.3, -0.25) is 9.52 Å². The fourth-order valence-corrected chi connectivity index (χ4v) is 3.54. The molecule has 2 aromatic carbocycles. The van der Waals surface area contributed by atoms with Gasteiger partial charge >= 0.3 is 0 Å². The minimum Gasteiger partial charge on any atom is -0.385 e. The van der Waals surface area contributed by atoms with E-state index in [0.29, 0.717) is 30.8 Å². The number of hydrogen-bond acceptors (Lipinski definition) is 4. The van der Waals surface area contributed by atoms with Crippen LogP contribution in [0.1, 0.15) is 27.9 Å². The lowest BCUT2D eigenvalue weighted by Gasteiger charge is -2.12. The molecule has 2 aromatic rings. The number of nitrogens with one attached hydrogen (secondary N) is 2. The Morgan fingerprint density at radius 1 is 1.12 bits per heavy atom. The number of aryl methyl sites for hydroxylation is 2. The maximum Gasteiger partial charge on any atom is 0.261 e. The van der Waals surface area contributed by atoms with Gasteiger partial charge in [-0.25, -0.2) is 8.42 Å². The van der Waals surface area contributed by atoms with Crippen LogP contribution < -0.4 is 10.0 Å². The van der Waals surface area contributed by atoms with E-state index in [1.807, 2.05) is 26.0 Å². The van der Waals surface area contributed by atoms with Crippen molar-refractivity contribution in [3.05, 3.63) is 59.2 Å². The van der Waals surface area contributed by atoms with Gasteiger partial charge in [0.25, 0.3) is 15.9 Å². The summed E-state index contributed by atoms with van der Waals surface area (Å²) in [5.41, 5.74) is 2.61. The Labute approximate surface area is 154 Å². The number of ether oxygens (including phenoxy) is 1. The van der Waals surface area contributed by atoms with E-state index in [2.05, 4.69) is 10.0 Å². The molecule has 0 bridgehead atoms. The lowest BCUT2D eigenvalue weighted by atomic mass is 10.1. The number of benzene rings is 2. The molecule has 26 heavy (non-hydrogen) atoms. The molecular weight excluding hydrogens is 352 g/mol. The van der Waals surface area contributed by atoms with Gasteiger partial charge in [-0.05, 0) is 55.7 Å². The summed E-state index contributed by atoms with van der Waals surface area (Å²) in [6.07, 6.45) is 0.689. The second-order valence-corrected chi connectivity index (χ2v) is 7.74. The van der Waals surface area contributed by atoms with Gasteiger partial charge in [0.05, 0.1) is 10.6 Å². The molecule has 6 nitrogen and oxygen atoms in total. The normalized spacial score (nSPS) is 11.2. The molecule has 2 rings (SSSR count). The number of anilines is 1. The number of amides is 1. The average Bonchev–Trinajstić information content (AvgIpc) is 2.61. The van der Waals surface area contributed by atoms with Crippen molar-refractivity contribution in [1.29, 1.82) is 0 Å². The van der Waals surface area contributed by atoms with Crippen LogP contribution in [0.25, 0.3) is 0 Å². The fourth-order valence-electron chi connectivity index (χ4n) is 2.37. The number of sulfonamides is 1. The third-order valence-electron chi connectivity index (χ3n) is 3.85. The Bertz CT molecular complexity index is 879. The summed E-state index contributed by atoms with van der Waals surface area (Å²) >= 11 is 0. The Morgan fingerprint density at radius 3 is 2.62 bits per heavy atom. The maximum absolute atomic E-state index is 12.7. The molecule has 0 saturated heterocycles. The summed E-state index contributed by atoms with van der Waals surface area (Å²) in [6.45, 7) is 4.74. The van der Waals surface area contributed by atoms with Crippen LogP contribution in [0.3, 0.4) is 0 Å². The molecule has 0 aliphatic rings. The Kier molecular flexibility index (Phi) is 6.76. The van der Waals surface area contributed by atoms with Gasteiger partial charge in [0.2, 0.25) is 0 Å². The van der Waals surface area contributed by atoms with Crippen molar-refractivity contribution in [2.45, 2.75) is 25.2 Å². The average molecular weight is 376 g/mol. The van der Waals surface area contributed by atoms with Crippen molar-refractivity contribution in [2.75, 3.05) is 25.0 Å². The lowest BCUT2D eigenvalue weighted by molar-refractivity contribution is 0.0948. The zero-order valence-electron chi connectivity index (χ0n) is 15.2. The zero-order valence-corrected chi connectivity index (χ0v) is 16.0. The molecule has 7 heteroatoms.